The number of furan rings is 1. The molecule has 1 aliphatic carbocycles. The van der Waals surface area contributed by atoms with Crippen LogP contribution in [0.1, 0.15) is 55.6 Å². The predicted molar refractivity (Wildman–Crippen MR) is 114 cm³/mol. The monoisotopic (exact) mass is 397 g/mol. The fraction of sp³-hybridized carbons (Fsp3) is 0.625. The van der Waals surface area contributed by atoms with Gasteiger partial charge in [0.05, 0.1) is 6.54 Å². The van der Waals surface area contributed by atoms with E-state index in [0.717, 1.165) is 43.1 Å². The van der Waals surface area contributed by atoms with Crippen molar-refractivity contribution in [1.82, 2.24) is 14.8 Å². The molecule has 2 aliphatic rings. The molecule has 2 aromatic heterocycles. The molecule has 1 aliphatic heterocycles. The molecule has 5 nitrogen and oxygen atoms in total. The number of pyridine rings is 1. The van der Waals surface area contributed by atoms with E-state index in [2.05, 4.69) is 26.9 Å². The molecule has 0 N–H and O–H groups in total. The molecule has 29 heavy (non-hydrogen) atoms. The summed E-state index contributed by atoms with van der Waals surface area (Å²) >= 11 is 0. The Morgan fingerprint density at radius 2 is 1.86 bits per heavy atom. The number of hydrogen-bond donors (Lipinski definition) is 0. The van der Waals surface area contributed by atoms with Gasteiger partial charge in [0, 0.05) is 38.6 Å². The van der Waals surface area contributed by atoms with Gasteiger partial charge in [-0.25, -0.2) is 0 Å². The van der Waals surface area contributed by atoms with Gasteiger partial charge in [0.25, 0.3) is 0 Å². The minimum absolute atomic E-state index is 0.530. The second-order valence-corrected chi connectivity index (χ2v) is 8.75. The van der Waals surface area contributed by atoms with E-state index >= 15 is 0 Å². The molecule has 2 fully saturated rings. The summed E-state index contributed by atoms with van der Waals surface area (Å²) < 4.78 is 11.2. The van der Waals surface area contributed by atoms with Crippen LogP contribution in [0.5, 0.6) is 0 Å². The van der Waals surface area contributed by atoms with E-state index in [1.165, 1.54) is 57.2 Å². The summed E-state index contributed by atoms with van der Waals surface area (Å²) in [7, 11) is 1.70. The number of hydrogen-bond acceptors (Lipinski definition) is 5. The van der Waals surface area contributed by atoms with Crippen LogP contribution in [0.2, 0.25) is 0 Å². The van der Waals surface area contributed by atoms with E-state index in [-0.39, 0.29) is 0 Å². The first-order valence-corrected chi connectivity index (χ1v) is 11.2. The van der Waals surface area contributed by atoms with Crippen LogP contribution < -0.4 is 0 Å². The second-order valence-electron chi connectivity index (χ2n) is 8.75. The Kier molecular flexibility index (Phi) is 7.36. The number of aromatic nitrogens is 1. The molecule has 2 aromatic rings. The van der Waals surface area contributed by atoms with Crippen molar-refractivity contribution in [2.45, 2.75) is 64.3 Å². The SMILES string of the molecule is COCc1ccc(CN(Cc2cccnc2)CC2CCN(C3CCCC3)CC2)o1. The van der Waals surface area contributed by atoms with Crippen molar-refractivity contribution in [3.63, 3.8) is 0 Å². The minimum Gasteiger partial charge on any atom is -0.462 e. The number of piperidine rings is 1. The van der Waals surface area contributed by atoms with Crippen molar-refractivity contribution >= 4 is 0 Å². The van der Waals surface area contributed by atoms with Crippen LogP contribution in [0.25, 0.3) is 0 Å². The molecule has 4 rings (SSSR count). The summed E-state index contributed by atoms with van der Waals surface area (Å²) in [6, 6.07) is 9.18. The van der Waals surface area contributed by atoms with Crippen LogP contribution in [0.15, 0.2) is 41.1 Å². The lowest BCUT2D eigenvalue weighted by Crippen LogP contribution is -2.42. The Bertz CT molecular complexity index is 719. The van der Waals surface area contributed by atoms with E-state index in [1.807, 2.05) is 24.5 Å². The first-order valence-electron chi connectivity index (χ1n) is 11.2. The van der Waals surface area contributed by atoms with Crippen molar-refractivity contribution in [3.05, 3.63) is 53.7 Å². The highest BCUT2D eigenvalue weighted by Crippen LogP contribution is 2.28. The fourth-order valence-electron chi connectivity index (χ4n) is 5.02. The van der Waals surface area contributed by atoms with Crippen molar-refractivity contribution in [2.24, 2.45) is 5.92 Å². The van der Waals surface area contributed by atoms with Gasteiger partial charge < -0.3 is 14.1 Å². The van der Waals surface area contributed by atoms with Gasteiger partial charge in [-0.05, 0) is 68.5 Å². The third-order valence-electron chi connectivity index (χ3n) is 6.52. The first-order chi connectivity index (χ1) is 14.3. The van der Waals surface area contributed by atoms with Crippen molar-refractivity contribution in [2.75, 3.05) is 26.7 Å². The van der Waals surface area contributed by atoms with Gasteiger partial charge in [-0.15, -0.1) is 0 Å². The zero-order chi connectivity index (χ0) is 19.9. The van der Waals surface area contributed by atoms with Gasteiger partial charge in [0.15, 0.2) is 0 Å². The molecule has 158 valence electrons. The molecule has 0 unspecified atom stereocenters. The van der Waals surface area contributed by atoms with Crippen molar-refractivity contribution in [1.29, 1.82) is 0 Å². The largest absolute Gasteiger partial charge is 0.462 e. The van der Waals surface area contributed by atoms with E-state index in [0.29, 0.717) is 6.61 Å². The first kappa shape index (κ1) is 20.6. The Balaban J connectivity index is 1.35. The van der Waals surface area contributed by atoms with E-state index in [4.69, 9.17) is 9.15 Å². The quantitative estimate of drug-likeness (QED) is 0.624. The Hall–Kier alpha value is -1.69. The molecule has 0 spiro atoms. The summed E-state index contributed by atoms with van der Waals surface area (Å²) in [5.41, 5.74) is 1.26. The van der Waals surface area contributed by atoms with Crippen molar-refractivity contribution < 1.29 is 9.15 Å². The van der Waals surface area contributed by atoms with Crippen LogP contribution in [-0.4, -0.2) is 47.6 Å². The van der Waals surface area contributed by atoms with Gasteiger partial charge in [0.2, 0.25) is 0 Å². The molecule has 3 heterocycles. The van der Waals surface area contributed by atoms with Crippen molar-refractivity contribution in [3.8, 4) is 0 Å². The standard InChI is InChI=1S/C24H35N3O2/c1-28-19-24-9-8-23(29-24)18-26(17-21-5-4-12-25-15-21)16-20-10-13-27(14-11-20)22-6-2-3-7-22/h4-5,8-9,12,15,20,22H,2-3,6-7,10-11,13-14,16-19H2,1H3. The number of likely N-dealkylation sites (tertiary alicyclic amines) is 1. The van der Waals surface area contributed by atoms with Gasteiger partial charge in [-0.1, -0.05) is 18.9 Å². The van der Waals surface area contributed by atoms with Crippen LogP contribution in [0.3, 0.4) is 0 Å². The predicted octanol–water partition coefficient (Wildman–Crippen LogP) is 4.48. The van der Waals surface area contributed by atoms with Crippen LogP contribution >= 0.6 is 0 Å². The summed E-state index contributed by atoms with van der Waals surface area (Å²) in [5, 5.41) is 0. The Labute approximate surface area is 175 Å². The summed E-state index contributed by atoms with van der Waals surface area (Å²) in [6.07, 6.45) is 12.1. The van der Waals surface area contributed by atoms with Gasteiger partial charge >= 0.3 is 0 Å². The average molecular weight is 398 g/mol. The Morgan fingerprint density at radius 1 is 1.07 bits per heavy atom. The molecule has 0 radical (unpaired) electrons. The van der Waals surface area contributed by atoms with E-state index in [1.54, 1.807) is 7.11 Å². The third kappa shape index (κ3) is 5.91. The van der Waals surface area contributed by atoms with Gasteiger partial charge in [0.1, 0.15) is 18.1 Å². The van der Waals surface area contributed by atoms with E-state index < -0.39 is 0 Å². The lowest BCUT2D eigenvalue weighted by atomic mass is 9.94. The topological polar surface area (TPSA) is 41.7 Å². The van der Waals surface area contributed by atoms with Crippen LogP contribution in [0.4, 0.5) is 0 Å². The lowest BCUT2D eigenvalue weighted by Gasteiger charge is -2.37. The molecule has 0 amide bonds. The number of nitrogens with zero attached hydrogens (tertiary/aromatic N) is 3. The van der Waals surface area contributed by atoms with Gasteiger partial charge in [-0.2, -0.15) is 0 Å². The fourth-order valence-corrected chi connectivity index (χ4v) is 5.02. The molecule has 5 heteroatoms. The third-order valence-corrected chi connectivity index (χ3v) is 6.52. The number of ether oxygens (including phenoxy) is 1. The molecule has 1 saturated heterocycles. The lowest BCUT2D eigenvalue weighted by molar-refractivity contribution is 0.103. The summed E-state index contributed by atoms with van der Waals surface area (Å²) in [5.74, 6) is 2.68. The highest BCUT2D eigenvalue weighted by Gasteiger charge is 2.28. The number of methoxy groups -OCH3 is 1. The molecule has 1 saturated carbocycles. The molecular formula is C24H35N3O2. The summed E-state index contributed by atoms with van der Waals surface area (Å²) in [6.45, 7) is 5.94. The van der Waals surface area contributed by atoms with Gasteiger partial charge in [-0.3, -0.25) is 9.88 Å². The zero-order valence-electron chi connectivity index (χ0n) is 17.8. The van der Waals surface area contributed by atoms with E-state index in [9.17, 15) is 0 Å². The summed E-state index contributed by atoms with van der Waals surface area (Å²) in [4.78, 5) is 9.59. The average Bonchev–Trinajstić information content (AvgIpc) is 3.42. The normalized spacial score (nSPS) is 19.4. The minimum atomic E-state index is 0.530. The Morgan fingerprint density at radius 3 is 2.59 bits per heavy atom. The maximum atomic E-state index is 5.98. The molecule has 0 atom stereocenters. The van der Waals surface area contributed by atoms with Crippen LogP contribution in [-0.2, 0) is 24.4 Å². The number of rotatable bonds is 9. The molecule has 0 aromatic carbocycles. The maximum Gasteiger partial charge on any atom is 0.129 e. The highest BCUT2D eigenvalue weighted by atomic mass is 16.5. The second kappa shape index (κ2) is 10.4. The smallest absolute Gasteiger partial charge is 0.129 e. The molecular weight excluding hydrogens is 362 g/mol. The highest BCUT2D eigenvalue weighted by molar-refractivity contribution is 5.10. The van der Waals surface area contributed by atoms with Crippen LogP contribution in [0, 0.1) is 5.92 Å². The zero-order valence-corrected chi connectivity index (χ0v) is 17.8. The maximum absolute atomic E-state index is 5.98. The molecule has 0 bridgehead atoms.